The van der Waals surface area contributed by atoms with Crippen LogP contribution in [0.1, 0.15) is 31.1 Å². The summed E-state index contributed by atoms with van der Waals surface area (Å²) in [5.74, 6) is -2.73. The van der Waals surface area contributed by atoms with Crippen LogP contribution in [0.25, 0.3) is 10.8 Å². The average Bonchev–Trinajstić information content (AvgIpc) is 2.65. The quantitative estimate of drug-likeness (QED) is 0.309. The van der Waals surface area contributed by atoms with Gasteiger partial charge in [-0.3, -0.25) is 19.7 Å². The molecule has 2 amide bonds. The van der Waals surface area contributed by atoms with Crippen molar-refractivity contribution in [2.45, 2.75) is 0 Å². The highest BCUT2D eigenvalue weighted by atomic mass is 16.6. The molecular formula is C19H11N3O6. The fourth-order valence-corrected chi connectivity index (χ4v) is 3.32. The molecule has 0 radical (unpaired) electrons. The van der Waals surface area contributed by atoms with Gasteiger partial charge in [0.2, 0.25) is 0 Å². The van der Waals surface area contributed by atoms with E-state index in [-0.39, 0.29) is 33.8 Å². The average molecular weight is 377 g/mol. The number of hydrogen-bond donors (Lipinski definition) is 2. The number of anilines is 2. The van der Waals surface area contributed by atoms with Gasteiger partial charge in [0, 0.05) is 28.8 Å². The summed E-state index contributed by atoms with van der Waals surface area (Å²) in [6.45, 7) is 0. The Morgan fingerprint density at radius 3 is 2.43 bits per heavy atom. The van der Waals surface area contributed by atoms with E-state index in [9.17, 15) is 29.6 Å². The van der Waals surface area contributed by atoms with E-state index >= 15 is 0 Å². The molecule has 3 aromatic carbocycles. The Morgan fingerprint density at radius 1 is 1.04 bits per heavy atom. The van der Waals surface area contributed by atoms with Gasteiger partial charge in [0.15, 0.2) is 0 Å². The highest BCUT2D eigenvalue weighted by Crippen LogP contribution is 2.36. The Morgan fingerprint density at radius 2 is 1.75 bits per heavy atom. The van der Waals surface area contributed by atoms with E-state index in [1.54, 1.807) is 12.1 Å². The number of benzene rings is 3. The van der Waals surface area contributed by atoms with E-state index in [1.165, 1.54) is 24.3 Å². The standard InChI is InChI=1S/C19H11N3O6/c20-11-4-10(19(25)26)6-12(7-11)21-17(23)14-3-1-2-9-5-13(22(27)28)8-15(16(9)14)18(21)24/h1-8H,20H2,(H,25,26). The molecule has 0 spiro atoms. The monoisotopic (exact) mass is 377 g/mol. The number of amides is 2. The third-order valence-electron chi connectivity index (χ3n) is 4.48. The first kappa shape index (κ1) is 17.2. The van der Waals surface area contributed by atoms with Crippen molar-refractivity contribution in [2.24, 2.45) is 0 Å². The minimum atomic E-state index is -1.27. The topological polar surface area (TPSA) is 144 Å². The van der Waals surface area contributed by atoms with Crippen LogP contribution >= 0.6 is 0 Å². The summed E-state index contributed by atoms with van der Waals surface area (Å²) in [5.41, 5.74) is 5.44. The number of nitrogens with zero attached hydrogens (tertiary/aromatic N) is 2. The zero-order valence-corrected chi connectivity index (χ0v) is 14.1. The Hall–Kier alpha value is -4.27. The Bertz CT molecular complexity index is 1230. The maximum atomic E-state index is 13.1. The van der Waals surface area contributed by atoms with Gasteiger partial charge in [-0.1, -0.05) is 12.1 Å². The number of rotatable bonds is 3. The van der Waals surface area contributed by atoms with Gasteiger partial charge in [-0.05, 0) is 29.7 Å². The molecule has 0 saturated carbocycles. The molecule has 4 rings (SSSR count). The van der Waals surface area contributed by atoms with Gasteiger partial charge in [-0.25, -0.2) is 9.69 Å². The number of nitrogens with two attached hydrogens (primary N) is 1. The lowest BCUT2D eigenvalue weighted by Crippen LogP contribution is -2.40. The highest BCUT2D eigenvalue weighted by Gasteiger charge is 2.35. The van der Waals surface area contributed by atoms with Gasteiger partial charge >= 0.3 is 5.97 Å². The van der Waals surface area contributed by atoms with Gasteiger partial charge in [-0.2, -0.15) is 0 Å². The van der Waals surface area contributed by atoms with Crippen LogP contribution in [0.4, 0.5) is 17.1 Å². The Balaban J connectivity index is 1.99. The van der Waals surface area contributed by atoms with Crippen molar-refractivity contribution < 1.29 is 24.4 Å². The van der Waals surface area contributed by atoms with Gasteiger partial charge in [0.1, 0.15) is 0 Å². The summed E-state index contributed by atoms with van der Waals surface area (Å²) in [7, 11) is 0. The number of nitrogen functional groups attached to an aromatic ring is 1. The lowest BCUT2D eigenvalue weighted by Gasteiger charge is -2.27. The molecule has 0 atom stereocenters. The van der Waals surface area contributed by atoms with Crippen LogP contribution in [0.2, 0.25) is 0 Å². The van der Waals surface area contributed by atoms with Crippen LogP contribution in [0.5, 0.6) is 0 Å². The van der Waals surface area contributed by atoms with Crippen molar-refractivity contribution in [3.8, 4) is 0 Å². The Kier molecular flexibility index (Phi) is 3.60. The number of hydrogen-bond acceptors (Lipinski definition) is 6. The van der Waals surface area contributed by atoms with Gasteiger partial charge in [-0.15, -0.1) is 0 Å². The summed E-state index contributed by atoms with van der Waals surface area (Å²) in [4.78, 5) is 48.8. The second kappa shape index (κ2) is 5.88. The zero-order chi connectivity index (χ0) is 20.2. The summed E-state index contributed by atoms with van der Waals surface area (Å²) in [6, 6.07) is 10.7. The maximum Gasteiger partial charge on any atom is 0.335 e. The summed E-state index contributed by atoms with van der Waals surface area (Å²) in [6.07, 6.45) is 0. The first-order valence-corrected chi connectivity index (χ1v) is 8.01. The molecule has 1 heterocycles. The number of aromatic carboxylic acids is 1. The van der Waals surface area contributed by atoms with Crippen molar-refractivity contribution in [1.29, 1.82) is 0 Å². The molecule has 0 fully saturated rings. The molecule has 9 nitrogen and oxygen atoms in total. The maximum absolute atomic E-state index is 13.1. The fourth-order valence-electron chi connectivity index (χ4n) is 3.32. The third-order valence-corrected chi connectivity index (χ3v) is 4.48. The predicted octanol–water partition coefficient (Wildman–Crippen LogP) is 2.83. The molecular weight excluding hydrogens is 366 g/mol. The molecule has 0 bridgehead atoms. The molecule has 9 heteroatoms. The molecule has 0 aliphatic carbocycles. The van der Waals surface area contributed by atoms with Crippen LogP contribution in [0.3, 0.4) is 0 Å². The van der Waals surface area contributed by atoms with Crippen molar-refractivity contribution in [3.63, 3.8) is 0 Å². The number of carbonyl (C=O) groups excluding carboxylic acids is 2. The van der Waals surface area contributed by atoms with Crippen LogP contribution in [0.15, 0.2) is 48.5 Å². The smallest absolute Gasteiger partial charge is 0.335 e. The first-order valence-electron chi connectivity index (χ1n) is 8.01. The second-order valence-corrected chi connectivity index (χ2v) is 6.22. The SMILES string of the molecule is Nc1cc(C(=O)O)cc(N2C(=O)c3cccc4cc([N+](=O)[O-])cc(c34)C2=O)c1. The number of carboxylic acid groups (broad SMARTS) is 1. The van der Waals surface area contributed by atoms with E-state index in [4.69, 9.17) is 5.73 Å². The lowest BCUT2D eigenvalue weighted by molar-refractivity contribution is -0.384. The van der Waals surface area contributed by atoms with Gasteiger partial charge < -0.3 is 10.8 Å². The van der Waals surface area contributed by atoms with E-state index in [0.29, 0.717) is 10.8 Å². The zero-order valence-electron chi connectivity index (χ0n) is 14.1. The molecule has 138 valence electrons. The van der Waals surface area contributed by atoms with Crippen molar-refractivity contribution >= 4 is 45.6 Å². The van der Waals surface area contributed by atoms with E-state index in [2.05, 4.69) is 0 Å². The third kappa shape index (κ3) is 2.45. The number of carbonyl (C=O) groups is 3. The molecule has 28 heavy (non-hydrogen) atoms. The minimum Gasteiger partial charge on any atom is -0.478 e. The largest absolute Gasteiger partial charge is 0.478 e. The Labute approximate surface area is 156 Å². The molecule has 0 aromatic heterocycles. The molecule has 1 aliphatic heterocycles. The number of imide groups is 1. The number of nitro groups is 1. The first-order chi connectivity index (χ1) is 13.3. The number of nitro benzene ring substituents is 1. The fraction of sp³-hybridized carbons (Fsp3) is 0. The van der Waals surface area contributed by atoms with Crippen LogP contribution in [-0.4, -0.2) is 27.8 Å². The highest BCUT2D eigenvalue weighted by molar-refractivity contribution is 6.36. The summed E-state index contributed by atoms with van der Waals surface area (Å²) >= 11 is 0. The molecule has 3 N–H and O–H groups in total. The normalized spacial score (nSPS) is 13.1. The summed E-state index contributed by atoms with van der Waals surface area (Å²) < 4.78 is 0. The molecule has 1 aliphatic rings. The van der Waals surface area contributed by atoms with Gasteiger partial charge in [0.05, 0.1) is 21.7 Å². The number of carboxylic acids is 1. The summed E-state index contributed by atoms with van der Waals surface area (Å²) in [5, 5.41) is 21.2. The van der Waals surface area contributed by atoms with Gasteiger partial charge in [0.25, 0.3) is 17.5 Å². The van der Waals surface area contributed by atoms with E-state index in [1.807, 2.05) is 0 Å². The van der Waals surface area contributed by atoms with E-state index in [0.717, 1.165) is 17.0 Å². The lowest BCUT2D eigenvalue weighted by atomic mass is 9.93. The van der Waals surface area contributed by atoms with Crippen molar-refractivity contribution in [1.82, 2.24) is 0 Å². The van der Waals surface area contributed by atoms with Crippen LogP contribution in [-0.2, 0) is 0 Å². The predicted molar refractivity (Wildman–Crippen MR) is 99.6 cm³/mol. The van der Waals surface area contributed by atoms with Crippen molar-refractivity contribution in [3.05, 3.63) is 75.3 Å². The minimum absolute atomic E-state index is 0.0151. The van der Waals surface area contributed by atoms with E-state index < -0.39 is 22.7 Å². The van der Waals surface area contributed by atoms with Crippen LogP contribution < -0.4 is 10.6 Å². The van der Waals surface area contributed by atoms with Crippen LogP contribution in [0, 0.1) is 10.1 Å². The molecule has 3 aromatic rings. The number of non-ortho nitro benzene ring substituents is 1. The second-order valence-electron chi connectivity index (χ2n) is 6.22. The van der Waals surface area contributed by atoms with Crippen molar-refractivity contribution in [2.75, 3.05) is 10.6 Å². The molecule has 0 unspecified atom stereocenters. The molecule has 0 saturated heterocycles.